The fourth-order valence-corrected chi connectivity index (χ4v) is 3.78. The second-order valence-corrected chi connectivity index (χ2v) is 7.67. The average molecular weight is 455 g/mol. The zero-order valence-corrected chi connectivity index (χ0v) is 19.1. The number of allylic oxidation sites excluding steroid dienone is 1. The van der Waals surface area contributed by atoms with Crippen LogP contribution < -0.4 is 19.5 Å². The number of nitrogens with zero attached hydrogens (tertiary/aromatic N) is 3. The molecule has 9 heteroatoms. The number of hydrogen-bond donors (Lipinski definition) is 1. The molecule has 0 atom stereocenters. The molecule has 2 aromatic carbocycles. The number of amides is 1. The molecule has 1 aromatic heterocycles. The number of aromatic nitrogens is 3. The van der Waals surface area contributed by atoms with Crippen molar-refractivity contribution in [3.05, 3.63) is 66.5 Å². The van der Waals surface area contributed by atoms with Crippen LogP contribution in [0, 0.1) is 0 Å². The molecule has 0 unspecified atom stereocenters. The number of rotatable bonds is 11. The standard InChI is InChI=1S/C23H26N4O4S/c1-5-12-27-21(13-16-6-8-17(29-2)9-7-16)25-26-23(27)32-15-22(28)24-19-11-10-18(30-3)14-20(19)31-4/h5-11,14H,1,12-13,15H2,2-4H3,(H,24,28). The van der Waals surface area contributed by atoms with E-state index >= 15 is 0 Å². The molecule has 0 radical (unpaired) electrons. The first-order valence-corrected chi connectivity index (χ1v) is 10.9. The van der Waals surface area contributed by atoms with E-state index in [0.717, 1.165) is 17.1 Å². The molecule has 1 heterocycles. The number of carbonyl (C=O) groups is 1. The predicted octanol–water partition coefficient (Wildman–Crippen LogP) is 3.81. The molecule has 0 spiro atoms. The fourth-order valence-electron chi connectivity index (χ4n) is 3.01. The summed E-state index contributed by atoms with van der Waals surface area (Å²) >= 11 is 1.32. The molecule has 0 aliphatic heterocycles. The predicted molar refractivity (Wildman–Crippen MR) is 125 cm³/mol. The van der Waals surface area contributed by atoms with Crippen LogP contribution in [-0.4, -0.2) is 47.8 Å². The summed E-state index contributed by atoms with van der Waals surface area (Å²) in [7, 11) is 4.76. The van der Waals surface area contributed by atoms with Gasteiger partial charge < -0.3 is 24.1 Å². The van der Waals surface area contributed by atoms with Gasteiger partial charge in [0.05, 0.1) is 32.8 Å². The van der Waals surface area contributed by atoms with Gasteiger partial charge in [-0.25, -0.2) is 0 Å². The maximum Gasteiger partial charge on any atom is 0.234 e. The third-order valence-corrected chi connectivity index (χ3v) is 5.61. The molecule has 0 aliphatic carbocycles. The highest BCUT2D eigenvalue weighted by atomic mass is 32.2. The number of nitrogens with one attached hydrogen (secondary N) is 1. The van der Waals surface area contributed by atoms with E-state index in [0.29, 0.717) is 35.3 Å². The van der Waals surface area contributed by atoms with E-state index in [1.807, 2.05) is 28.8 Å². The van der Waals surface area contributed by atoms with Crippen LogP contribution >= 0.6 is 11.8 Å². The molecule has 0 aliphatic rings. The van der Waals surface area contributed by atoms with Crippen molar-refractivity contribution in [2.24, 2.45) is 0 Å². The van der Waals surface area contributed by atoms with Crippen molar-refractivity contribution < 1.29 is 19.0 Å². The summed E-state index contributed by atoms with van der Waals surface area (Å²) in [6, 6.07) is 13.0. The van der Waals surface area contributed by atoms with Gasteiger partial charge >= 0.3 is 0 Å². The molecular weight excluding hydrogens is 428 g/mol. The van der Waals surface area contributed by atoms with E-state index in [2.05, 4.69) is 22.1 Å². The van der Waals surface area contributed by atoms with Gasteiger partial charge in [-0.15, -0.1) is 16.8 Å². The first-order chi connectivity index (χ1) is 15.6. The van der Waals surface area contributed by atoms with Crippen molar-refractivity contribution in [3.63, 3.8) is 0 Å². The maximum absolute atomic E-state index is 12.5. The Morgan fingerprint density at radius 3 is 2.44 bits per heavy atom. The zero-order chi connectivity index (χ0) is 22.9. The van der Waals surface area contributed by atoms with Crippen LogP contribution in [-0.2, 0) is 17.8 Å². The minimum absolute atomic E-state index is 0.174. The second kappa shape index (κ2) is 11.2. The Bertz CT molecular complexity index is 1070. The van der Waals surface area contributed by atoms with Crippen molar-refractivity contribution >= 4 is 23.4 Å². The van der Waals surface area contributed by atoms with E-state index in [1.54, 1.807) is 45.6 Å². The van der Waals surface area contributed by atoms with Gasteiger partial charge in [0.15, 0.2) is 5.16 Å². The Morgan fingerprint density at radius 1 is 1.06 bits per heavy atom. The average Bonchev–Trinajstić information content (AvgIpc) is 3.19. The maximum atomic E-state index is 12.5. The first kappa shape index (κ1) is 23.2. The van der Waals surface area contributed by atoms with Crippen LogP contribution in [0.3, 0.4) is 0 Å². The Kier molecular flexibility index (Phi) is 8.15. The van der Waals surface area contributed by atoms with Crippen molar-refractivity contribution in [3.8, 4) is 17.2 Å². The third-order valence-electron chi connectivity index (χ3n) is 4.64. The minimum atomic E-state index is -0.177. The highest BCUT2D eigenvalue weighted by molar-refractivity contribution is 7.99. The monoisotopic (exact) mass is 454 g/mol. The van der Waals surface area contributed by atoms with E-state index in [9.17, 15) is 4.79 Å². The van der Waals surface area contributed by atoms with Gasteiger partial charge in [-0.05, 0) is 29.8 Å². The van der Waals surface area contributed by atoms with Gasteiger partial charge in [-0.2, -0.15) is 0 Å². The largest absolute Gasteiger partial charge is 0.497 e. The number of thioether (sulfide) groups is 1. The van der Waals surface area contributed by atoms with Gasteiger partial charge in [-0.3, -0.25) is 4.79 Å². The third kappa shape index (κ3) is 5.82. The Hall–Kier alpha value is -3.46. The number of ether oxygens (including phenoxy) is 3. The number of hydrogen-bond acceptors (Lipinski definition) is 7. The van der Waals surface area contributed by atoms with E-state index in [4.69, 9.17) is 14.2 Å². The lowest BCUT2D eigenvalue weighted by atomic mass is 10.1. The molecule has 32 heavy (non-hydrogen) atoms. The minimum Gasteiger partial charge on any atom is -0.497 e. The van der Waals surface area contributed by atoms with Crippen LogP contribution in [0.1, 0.15) is 11.4 Å². The highest BCUT2D eigenvalue weighted by Crippen LogP contribution is 2.29. The lowest BCUT2D eigenvalue weighted by molar-refractivity contribution is -0.113. The van der Waals surface area contributed by atoms with Gasteiger partial charge in [0.2, 0.25) is 5.91 Å². The van der Waals surface area contributed by atoms with Crippen LogP contribution in [0.15, 0.2) is 60.3 Å². The summed E-state index contributed by atoms with van der Waals surface area (Å²) in [5, 5.41) is 12.1. The number of benzene rings is 2. The summed E-state index contributed by atoms with van der Waals surface area (Å²) in [4.78, 5) is 12.5. The van der Waals surface area contributed by atoms with Crippen LogP contribution in [0.5, 0.6) is 17.2 Å². The SMILES string of the molecule is C=CCn1c(Cc2ccc(OC)cc2)nnc1SCC(=O)Nc1ccc(OC)cc1OC. The van der Waals surface area contributed by atoms with Gasteiger partial charge in [0, 0.05) is 19.0 Å². The van der Waals surface area contributed by atoms with Crippen molar-refractivity contribution in [2.75, 3.05) is 32.4 Å². The fraction of sp³-hybridized carbons (Fsp3) is 0.261. The van der Waals surface area contributed by atoms with Gasteiger partial charge in [0.25, 0.3) is 0 Å². The molecule has 168 valence electrons. The summed E-state index contributed by atoms with van der Waals surface area (Å²) in [5.41, 5.74) is 1.66. The number of methoxy groups -OCH3 is 3. The second-order valence-electron chi connectivity index (χ2n) is 6.73. The van der Waals surface area contributed by atoms with Crippen molar-refractivity contribution in [2.45, 2.75) is 18.1 Å². The van der Waals surface area contributed by atoms with Crippen molar-refractivity contribution in [1.82, 2.24) is 14.8 Å². The zero-order valence-electron chi connectivity index (χ0n) is 18.3. The molecule has 1 amide bonds. The quantitative estimate of drug-likeness (QED) is 0.348. The molecule has 0 fully saturated rings. The van der Waals surface area contributed by atoms with Gasteiger partial charge in [0.1, 0.15) is 23.1 Å². The van der Waals surface area contributed by atoms with E-state index < -0.39 is 0 Å². The van der Waals surface area contributed by atoms with Crippen LogP contribution in [0.2, 0.25) is 0 Å². The Balaban J connectivity index is 1.66. The number of anilines is 1. The molecule has 0 bridgehead atoms. The molecule has 0 saturated carbocycles. The molecular formula is C23H26N4O4S. The summed E-state index contributed by atoms with van der Waals surface area (Å²) in [6.07, 6.45) is 2.40. The molecule has 3 aromatic rings. The smallest absolute Gasteiger partial charge is 0.234 e. The summed E-state index contributed by atoms with van der Waals surface area (Å²) < 4.78 is 17.7. The van der Waals surface area contributed by atoms with E-state index in [-0.39, 0.29) is 11.7 Å². The lowest BCUT2D eigenvalue weighted by Gasteiger charge is -2.12. The molecule has 8 nitrogen and oxygen atoms in total. The highest BCUT2D eigenvalue weighted by Gasteiger charge is 2.15. The Labute approximate surface area is 191 Å². The Morgan fingerprint density at radius 2 is 1.78 bits per heavy atom. The summed E-state index contributed by atoms with van der Waals surface area (Å²) in [5.74, 6) is 2.78. The molecule has 3 rings (SSSR count). The molecule has 1 N–H and O–H groups in total. The van der Waals surface area contributed by atoms with Crippen molar-refractivity contribution in [1.29, 1.82) is 0 Å². The van der Waals surface area contributed by atoms with E-state index in [1.165, 1.54) is 11.8 Å². The lowest BCUT2D eigenvalue weighted by Crippen LogP contribution is -2.15. The molecule has 0 saturated heterocycles. The van der Waals surface area contributed by atoms with Crippen LogP contribution in [0.25, 0.3) is 0 Å². The summed E-state index contributed by atoms with van der Waals surface area (Å²) in [6.45, 7) is 4.38. The van der Waals surface area contributed by atoms with Gasteiger partial charge in [-0.1, -0.05) is 30.0 Å². The normalized spacial score (nSPS) is 10.5. The first-order valence-electron chi connectivity index (χ1n) is 9.88. The topological polar surface area (TPSA) is 87.5 Å². The number of carbonyl (C=O) groups excluding carboxylic acids is 1. The van der Waals surface area contributed by atoms with Crippen LogP contribution in [0.4, 0.5) is 5.69 Å².